The summed E-state index contributed by atoms with van der Waals surface area (Å²) < 4.78 is 0. The van der Waals surface area contributed by atoms with Gasteiger partial charge >= 0.3 is 0 Å². The largest absolute Gasteiger partial charge is 0.345 e. The first-order valence-corrected chi connectivity index (χ1v) is 7.26. The zero-order valence-corrected chi connectivity index (χ0v) is 14.2. The Hall–Kier alpha value is -1.59. The molecular weight excluding hydrogens is 302 g/mol. The minimum atomic E-state index is -0.628. The molecule has 0 spiro atoms. The van der Waals surface area contributed by atoms with Crippen molar-refractivity contribution in [1.29, 1.82) is 0 Å². The van der Waals surface area contributed by atoms with Crippen molar-refractivity contribution in [2.24, 2.45) is 5.73 Å². The van der Waals surface area contributed by atoms with Crippen LogP contribution < -0.4 is 5.73 Å². The summed E-state index contributed by atoms with van der Waals surface area (Å²) in [6.07, 6.45) is 1.55. The maximum absolute atomic E-state index is 12.3. The molecule has 1 aliphatic carbocycles. The molecule has 0 aliphatic heterocycles. The van der Waals surface area contributed by atoms with E-state index in [1.165, 1.54) is 0 Å². The van der Waals surface area contributed by atoms with Crippen molar-refractivity contribution in [2.75, 3.05) is 20.6 Å². The molecule has 0 heterocycles. The summed E-state index contributed by atoms with van der Waals surface area (Å²) in [5, 5.41) is 0. The smallest absolute Gasteiger partial charge is 0.253 e. The van der Waals surface area contributed by atoms with Crippen molar-refractivity contribution >= 4 is 24.2 Å². The SMILES string of the molecule is CCN(Cc1ccc(C(=O)N(C)C)cc1)C(=O)C1(N)CC1.Cl. The van der Waals surface area contributed by atoms with Crippen molar-refractivity contribution in [3.63, 3.8) is 0 Å². The minimum Gasteiger partial charge on any atom is -0.345 e. The summed E-state index contributed by atoms with van der Waals surface area (Å²) in [7, 11) is 3.45. The average molecular weight is 326 g/mol. The fourth-order valence-electron chi connectivity index (χ4n) is 2.22. The topological polar surface area (TPSA) is 66.6 Å². The number of rotatable bonds is 5. The third-order valence-electron chi connectivity index (χ3n) is 3.86. The van der Waals surface area contributed by atoms with Gasteiger partial charge in [0.2, 0.25) is 5.91 Å². The standard InChI is InChI=1S/C16H23N3O2.ClH/c1-4-19(15(21)16(17)9-10-16)11-12-5-7-13(8-6-12)14(20)18(2)3;/h5-8H,4,9-11,17H2,1-3H3;1H. The van der Waals surface area contributed by atoms with Gasteiger partial charge in [-0.1, -0.05) is 12.1 Å². The number of carbonyl (C=O) groups is 2. The van der Waals surface area contributed by atoms with E-state index in [0.29, 0.717) is 18.7 Å². The summed E-state index contributed by atoms with van der Waals surface area (Å²) in [4.78, 5) is 27.4. The van der Waals surface area contributed by atoms with Crippen LogP contribution in [0.1, 0.15) is 35.7 Å². The number of benzene rings is 1. The summed E-state index contributed by atoms with van der Waals surface area (Å²) in [5.41, 5.74) is 7.00. The maximum Gasteiger partial charge on any atom is 0.253 e. The van der Waals surface area contributed by atoms with E-state index in [2.05, 4.69) is 0 Å². The molecule has 1 fully saturated rings. The van der Waals surface area contributed by atoms with Crippen LogP contribution in [0.15, 0.2) is 24.3 Å². The predicted molar refractivity (Wildman–Crippen MR) is 89.0 cm³/mol. The summed E-state index contributed by atoms with van der Waals surface area (Å²) in [6.45, 7) is 3.12. The second-order valence-corrected chi connectivity index (χ2v) is 5.87. The van der Waals surface area contributed by atoms with Gasteiger partial charge in [-0.15, -0.1) is 12.4 Å². The minimum absolute atomic E-state index is 0. The highest BCUT2D eigenvalue weighted by Crippen LogP contribution is 2.34. The first kappa shape index (κ1) is 18.5. The van der Waals surface area contributed by atoms with Gasteiger partial charge in [-0.2, -0.15) is 0 Å². The van der Waals surface area contributed by atoms with Gasteiger partial charge in [0.15, 0.2) is 0 Å². The molecule has 0 atom stereocenters. The Labute approximate surface area is 137 Å². The van der Waals surface area contributed by atoms with Crippen LogP contribution in [-0.4, -0.2) is 47.8 Å². The van der Waals surface area contributed by atoms with E-state index in [1.54, 1.807) is 36.0 Å². The Morgan fingerprint density at radius 2 is 1.73 bits per heavy atom. The number of nitrogens with two attached hydrogens (primary N) is 1. The molecule has 2 N–H and O–H groups in total. The Morgan fingerprint density at radius 3 is 2.14 bits per heavy atom. The summed E-state index contributed by atoms with van der Waals surface area (Å²) in [5.74, 6) is 0.00214. The molecule has 6 heteroatoms. The first-order chi connectivity index (χ1) is 9.87. The lowest BCUT2D eigenvalue weighted by molar-refractivity contribution is -0.134. The molecule has 0 saturated heterocycles. The third-order valence-corrected chi connectivity index (χ3v) is 3.86. The van der Waals surface area contributed by atoms with E-state index in [0.717, 1.165) is 18.4 Å². The fourth-order valence-corrected chi connectivity index (χ4v) is 2.22. The van der Waals surface area contributed by atoms with Gasteiger partial charge in [-0.25, -0.2) is 0 Å². The Kier molecular flexibility index (Phi) is 5.97. The predicted octanol–water partition coefficient (Wildman–Crippen LogP) is 1.65. The molecule has 0 radical (unpaired) electrons. The molecule has 1 aromatic carbocycles. The number of nitrogens with zero attached hydrogens (tertiary/aromatic N) is 2. The normalized spacial score (nSPS) is 14.7. The van der Waals surface area contributed by atoms with Gasteiger partial charge in [0.1, 0.15) is 0 Å². The van der Waals surface area contributed by atoms with E-state index in [9.17, 15) is 9.59 Å². The lowest BCUT2D eigenvalue weighted by Crippen LogP contribution is -2.45. The van der Waals surface area contributed by atoms with Crippen LogP contribution in [-0.2, 0) is 11.3 Å². The van der Waals surface area contributed by atoms with Crippen molar-refractivity contribution in [3.05, 3.63) is 35.4 Å². The van der Waals surface area contributed by atoms with Crippen LogP contribution in [0.2, 0.25) is 0 Å². The monoisotopic (exact) mass is 325 g/mol. The fraction of sp³-hybridized carbons (Fsp3) is 0.500. The van der Waals surface area contributed by atoms with Crippen molar-refractivity contribution in [2.45, 2.75) is 31.8 Å². The maximum atomic E-state index is 12.3. The highest BCUT2D eigenvalue weighted by molar-refractivity contribution is 5.94. The van der Waals surface area contributed by atoms with E-state index in [4.69, 9.17) is 5.73 Å². The van der Waals surface area contributed by atoms with Crippen LogP contribution in [0, 0.1) is 0 Å². The third kappa shape index (κ3) is 3.99. The van der Waals surface area contributed by atoms with Gasteiger partial charge < -0.3 is 15.5 Å². The molecule has 5 nitrogen and oxygen atoms in total. The molecule has 0 unspecified atom stereocenters. The molecule has 0 aromatic heterocycles. The Morgan fingerprint density at radius 1 is 1.18 bits per heavy atom. The molecule has 0 bridgehead atoms. The first-order valence-electron chi connectivity index (χ1n) is 7.26. The van der Waals surface area contributed by atoms with Crippen LogP contribution in [0.3, 0.4) is 0 Å². The van der Waals surface area contributed by atoms with E-state index >= 15 is 0 Å². The van der Waals surface area contributed by atoms with Crippen LogP contribution in [0.25, 0.3) is 0 Å². The number of halogens is 1. The second kappa shape index (κ2) is 7.11. The van der Waals surface area contributed by atoms with Gasteiger partial charge in [0.05, 0.1) is 5.54 Å². The highest BCUT2D eigenvalue weighted by atomic mass is 35.5. The Bertz CT molecular complexity index is 539. The van der Waals surface area contributed by atoms with Crippen molar-refractivity contribution in [1.82, 2.24) is 9.80 Å². The molecule has 1 aromatic rings. The number of likely N-dealkylation sites (N-methyl/N-ethyl adjacent to an activating group) is 1. The molecule has 2 rings (SSSR count). The average Bonchev–Trinajstić information content (AvgIpc) is 3.23. The number of hydrogen-bond acceptors (Lipinski definition) is 3. The van der Waals surface area contributed by atoms with Gasteiger partial charge in [0.25, 0.3) is 5.91 Å². The summed E-state index contributed by atoms with van der Waals surface area (Å²) in [6, 6.07) is 7.38. The molecule has 122 valence electrons. The zero-order chi connectivity index (χ0) is 15.6. The van der Waals surface area contributed by atoms with Crippen molar-refractivity contribution < 1.29 is 9.59 Å². The van der Waals surface area contributed by atoms with Crippen molar-refractivity contribution in [3.8, 4) is 0 Å². The number of hydrogen-bond donors (Lipinski definition) is 1. The molecule has 2 amide bonds. The highest BCUT2D eigenvalue weighted by Gasteiger charge is 2.47. The lowest BCUT2D eigenvalue weighted by Gasteiger charge is -2.24. The molecule has 1 saturated carbocycles. The number of amides is 2. The lowest BCUT2D eigenvalue weighted by atomic mass is 10.1. The van der Waals surface area contributed by atoms with E-state index in [-0.39, 0.29) is 24.2 Å². The summed E-state index contributed by atoms with van der Waals surface area (Å²) >= 11 is 0. The van der Waals surface area contributed by atoms with Gasteiger partial charge in [-0.3, -0.25) is 9.59 Å². The van der Waals surface area contributed by atoms with Crippen LogP contribution in [0.4, 0.5) is 0 Å². The molecule has 1 aliphatic rings. The van der Waals surface area contributed by atoms with Crippen LogP contribution >= 0.6 is 12.4 Å². The molecule has 22 heavy (non-hydrogen) atoms. The van der Waals surface area contributed by atoms with Gasteiger partial charge in [0, 0.05) is 32.7 Å². The number of carbonyl (C=O) groups excluding carboxylic acids is 2. The van der Waals surface area contributed by atoms with Crippen LogP contribution in [0.5, 0.6) is 0 Å². The van der Waals surface area contributed by atoms with E-state index < -0.39 is 5.54 Å². The quantitative estimate of drug-likeness (QED) is 0.895. The second-order valence-electron chi connectivity index (χ2n) is 5.87. The van der Waals surface area contributed by atoms with E-state index in [1.807, 2.05) is 19.1 Å². The van der Waals surface area contributed by atoms with Gasteiger partial charge in [-0.05, 0) is 37.5 Å². The Balaban J connectivity index is 0.00000242. The zero-order valence-electron chi connectivity index (χ0n) is 13.3. The molecular formula is C16H24ClN3O2.